The summed E-state index contributed by atoms with van der Waals surface area (Å²) in [4.78, 5) is 62.5. The lowest BCUT2D eigenvalue weighted by atomic mass is 9.78. The van der Waals surface area contributed by atoms with Crippen LogP contribution in [0.5, 0.6) is 0 Å². The molecule has 0 aromatic heterocycles. The number of piperidine rings is 1. The molecule has 0 radical (unpaired) electrons. The average molecular weight is 780 g/mol. The molecular weight excluding hydrogens is 731 g/mol. The van der Waals surface area contributed by atoms with Crippen molar-refractivity contribution in [2.75, 3.05) is 59.4 Å². The van der Waals surface area contributed by atoms with Crippen LogP contribution < -0.4 is 10.6 Å². The first kappa shape index (κ1) is 38.3. The molecule has 2 aromatic rings. The first-order chi connectivity index (χ1) is 26.0. The molecule has 2 amide bonds. The van der Waals surface area contributed by atoms with Crippen LogP contribution in [0.2, 0.25) is 10.0 Å². The molecule has 0 saturated carbocycles. The van der Waals surface area contributed by atoms with Gasteiger partial charge in [-0.3, -0.25) is 14.5 Å². The van der Waals surface area contributed by atoms with Gasteiger partial charge in [-0.2, -0.15) is 0 Å². The Morgan fingerprint density at radius 1 is 0.759 bits per heavy atom. The minimum absolute atomic E-state index is 0.0408. The minimum atomic E-state index is -1.36. The Morgan fingerprint density at radius 2 is 1.41 bits per heavy atom. The molecule has 2 bridgehead atoms. The van der Waals surface area contributed by atoms with Gasteiger partial charge in [-0.15, -0.1) is 0 Å². The number of nitrogens with one attached hydrogen (secondary N) is 2. The maximum atomic E-state index is 14.0. The number of allylic oxidation sites excluding steroid dienone is 1. The van der Waals surface area contributed by atoms with Crippen molar-refractivity contribution < 1.29 is 29.4 Å². The number of aryl methyl sites for hydroxylation is 1. The van der Waals surface area contributed by atoms with Gasteiger partial charge in [0.25, 0.3) is 5.91 Å². The molecule has 14 heteroatoms. The van der Waals surface area contributed by atoms with E-state index in [1.165, 1.54) is 12.8 Å². The molecule has 5 heterocycles. The van der Waals surface area contributed by atoms with E-state index in [-0.39, 0.29) is 69.2 Å². The lowest BCUT2D eigenvalue weighted by Crippen LogP contribution is -2.56. The fraction of sp³-hybridized carbons (Fsp3) is 0.500. The van der Waals surface area contributed by atoms with Gasteiger partial charge in [-0.1, -0.05) is 53.5 Å². The van der Waals surface area contributed by atoms with Gasteiger partial charge in [0.2, 0.25) is 5.91 Å². The molecule has 4 saturated heterocycles. The summed E-state index contributed by atoms with van der Waals surface area (Å²) in [6.07, 6.45) is 4.92. The first-order valence-corrected chi connectivity index (χ1v) is 19.7. The van der Waals surface area contributed by atoms with Crippen LogP contribution in [0, 0.1) is 0 Å². The number of dihydropyridines is 1. The van der Waals surface area contributed by atoms with Crippen molar-refractivity contribution in [2.45, 2.75) is 69.0 Å². The Morgan fingerprint density at radius 3 is 2.07 bits per heavy atom. The third kappa shape index (κ3) is 7.77. The van der Waals surface area contributed by atoms with Crippen LogP contribution in [0.1, 0.15) is 65.9 Å². The smallest absolute Gasteiger partial charge is 0.334 e. The second kappa shape index (κ2) is 16.4. The van der Waals surface area contributed by atoms with E-state index >= 15 is 0 Å². The Kier molecular flexibility index (Phi) is 11.7. The molecule has 0 spiro atoms. The summed E-state index contributed by atoms with van der Waals surface area (Å²) < 4.78 is 0. The molecular formula is C40H48Cl2N6O6. The number of amides is 2. The number of fused-ring (bicyclic) bond motifs is 2. The number of aliphatic carboxylic acids is 2. The molecule has 5 aliphatic rings. The van der Waals surface area contributed by atoms with Crippen molar-refractivity contribution in [3.05, 3.63) is 91.7 Å². The molecule has 4 N–H and O–H groups in total. The van der Waals surface area contributed by atoms with Crippen LogP contribution in [0.4, 0.5) is 0 Å². The number of carbonyl (C=O) groups excluding carboxylic acids is 2. The number of carboxylic acid groups (broad SMARTS) is 2. The predicted molar refractivity (Wildman–Crippen MR) is 206 cm³/mol. The molecule has 3 unspecified atom stereocenters. The van der Waals surface area contributed by atoms with Crippen LogP contribution in [-0.2, 0) is 20.8 Å². The fourth-order valence-corrected chi connectivity index (χ4v) is 9.65. The van der Waals surface area contributed by atoms with E-state index in [4.69, 9.17) is 23.2 Å². The van der Waals surface area contributed by atoms with Crippen molar-refractivity contribution in [3.8, 4) is 0 Å². The molecule has 0 aliphatic carbocycles. The van der Waals surface area contributed by atoms with Gasteiger partial charge in [0.1, 0.15) is 0 Å². The molecule has 2 aromatic carbocycles. The number of carboxylic acids is 2. The number of piperazine rings is 2. The zero-order valence-corrected chi connectivity index (χ0v) is 32.0. The summed E-state index contributed by atoms with van der Waals surface area (Å²) in [5.74, 6) is -4.34. The highest BCUT2D eigenvalue weighted by Crippen LogP contribution is 2.44. The Balaban J connectivity index is 1.16. The minimum Gasteiger partial charge on any atom is -0.478 e. The van der Waals surface area contributed by atoms with Crippen LogP contribution in [0.15, 0.2) is 65.0 Å². The standard InChI is InChI=1S/C40H48Cl2N6O6/c1-45-25-10-11-26(45)22-27(21-25)46-17-19-47(20-18-46)33(49)23-32-36(40(53)54)34(29-7-4-8-30(41)37(29)42)35(39(51)52)31(44-32)12-9-24-5-2-3-6-28(24)38(50)48-15-13-43-14-16-48/h2-8,25-27,34,43-44H,9-23H2,1H3,(H,51,52)(H,53,54). The number of halogens is 2. The molecule has 3 atom stereocenters. The van der Waals surface area contributed by atoms with Crippen LogP contribution >= 0.6 is 23.2 Å². The van der Waals surface area contributed by atoms with Gasteiger partial charge in [0, 0.05) is 87.4 Å². The van der Waals surface area contributed by atoms with E-state index in [1.54, 1.807) is 40.1 Å². The molecule has 5 aliphatic heterocycles. The van der Waals surface area contributed by atoms with Gasteiger partial charge >= 0.3 is 11.9 Å². The Labute approximate surface area is 325 Å². The van der Waals surface area contributed by atoms with Crippen molar-refractivity contribution in [2.24, 2.45) is 0 Å². The Hall–Kier alpha value is -3.94. The summed E-state index contributed by atoms with van der Waals surface area (Å²) in [5, 5.41) is 28.0. The fourth-order valence-electron chi connectivity index (χ4n) is 9.23. The first-order valence-electron chi connectivity index (χ1n) is 19.0. The average Bonchev–Trinajstić information content (AvgIpc) is 3.35. The van der Waals surface area contributed by atoms with Crippen molar-refractivity contribution >= 4 is 47.0 Å². The number of hydrogen-bond acceptors (Lipinski definition) is 8. The predicted octanol–water partition coefficient (Wildman–Crippen LogP) is 4.20. The lowest BCUT2D eigenvalue weighted by Gasteiger charge is -2.45. The van der Waals surface area contributed by atoms with Gasteiger partial charge in [-0.25, -0.2) is 9.59 Å². The van der Waals surface area contributed by atoms with E-state index in [0.717, 1.165) is 31.5 Å². The topological polar surface area (TPSA) is 146 Å². The van der Waals surface area contributed by atoms with Gasteiger partial charge in [-0.05, 0) is 68.8 Å². The summed E-state index contributed by atoms with van der Waals surface area (Å²) in [6.45, 7) is 5.13. The summed E-state index contributed by atoms with van der Waals surface area (Å²) >= 11 is 13.1. The number of hydrogen-bond donors (Lipinski definition) is 4. The zero-order valence-electron chi connectivity index (χ0n) is 30.5. The highest BCUT2D eigenvalue weighted by molar-refractivity contribution is 6.42. The number of carbonyl (C=O) groups is 4. The molecule has 54 heavy (non-hydrogen) atoms. The molecule has 7 rings (SSSR count). The van der Waals surface area contributed by atoms with Gasteiger partial charge < -0.3 is 35.5 Å². The van der Waals surface area contributed by atoms with E-state index in [2.05, 4.69) is 27.5 Å². The maximum Gasteiger partial charge on any atom is 0.334 e. The van der Waals surface area contributed by atoms with Crippen LogP contribution in [0.3, 0.4) is 0 Å². The Bertz CT molecular complexity index is 1860. The molecule has 288 valence electrons. The summed E-state index contributed by atoms with van der Waals surface area (Å²) in [6, 6.07) is 13.7. The molecule has 12 nitrogen and oxygen atoms in total. The highest BCUT2D eigenvalue weighted by atomic mass is 35.5. The monoisotopic (exact) mass is 778 g/mol. The number of rotatable bonds is 10. The third-order valence-corrected chi connectivity index (χ3v) is 13.0. The van der Waals surface area contributed by atoms with Crippen molar-refractivity contribution in [1.29, 1.82) is 0 Å². The second-order valence-corrected chi connectivity index (χ2v) is 15.8. The van der Waals surface area contributed by atoms with Gasteiger partial charge in [0.05, 0.1) is 33.5 Å². The van der Waals surface area contributed by atoms with E-state index < -0.39 is 17.9 Å². The zero-order chi connectivity index (χ0) is 38.1. The van der Waals surface area contributed by atoms with Crippen LogP contribution in [0.25, 0.3) is 0 Å². The van der Waals surface area contributed by atoms with E-state index in [1.807, 2.05) is 12.1 Å². The quantitative estimate of drug-likeness (QED) is 0.277. The van der Waals surface area contributed by atoms with E-state index in [0.29, 0.717) is 63.0 Å². The maximum absolute atomic E-state index is 14.0. The largest absolute Gasteiger partial charge is 0.478 e. The second-order valence-electron chi connectivity index (χ2n) is 15.1. The summed E-state index contributed by atoms with van der Waals surface area (Å²) in [5.41, 5.74) is 1.40. The van der Waals surface area contributed by atoms with Gasteiger partial charge in [0.15, 0.2) is 0 Å². The van der Waals surface area contributed by atoms with E-state index in [9.17, 15) is 29.4 Å². The normalized spacial score (nSPS) is 25.2. The number of nitrogens with zero attached hydrogens (tertiary/aromatic N) is 4. The highest BCUT2D eigenvalue weighted by Gasteiger charge is 2.43. The van der Waals surface area contributed by atoms with Crippen LogP contribution in [-0.4, -0.2) is 131 Å². The third-order valence-electron chi connectivity index (χ3n) is 12.2. The molecule has 4 fully saturated rings. The van der Waals surface area contributed by atoms with Crippen molar-refractivity contribution in [3.63, 3.8) is 0 Å². The van der Waals surface area contributed by atoms with Crippen molar-refractivity contribution in [1.82, 2.24) is 30.2 Å². The number of benzene rings is 2. The lowest BCUT2D eigenvalue weighted by molar-refractivity contribution is -0.133. The summed E-state index contributed by atoms with van der Waals surface area (Å²) in [7, 11) is 2.23. The SMILES string of the molecule is CN1C2CCC1CC(N1CCN(C(=O)CC3=C(C(=O)O)C(c4cccc(Cl)c4Cl)C(C(=O)O)=C(CCc4ccccc4C(=O)N4CCNCC4)N3)CC1)C2.